The monoisotopic (exact) mass is 277 g/mol. The number of hydrogen-bond acceptors (Lipinski definition) is 4. The van der Waals surface area contributed by atoms with E-state index in [9.17, 15) is 13.2 Å². The van der Waals surface area contributed by atoms with E-state index >= 15 is 0 Å². The summed E-state index contributed by atoms with van der Waals surface area (Å²) in [7, 11) is 1.41. The van der Waals surface area contributed by atoms with Gasteiger partial charge in [0.15, 0.2) is 0 Å². The molecule has 1 heterocycles. The Balaban J connectivity index is 1.86. The summed E-state index contributed by atoms with van der Waals surface area (Å²) in [5.41, 5.74) is 0. The summed E-state index contributed by atoms with van der Waals surface area (Å²) < 4.78 is 23.3. The van der Waals surface area contributed by atoms with Crippen molar-refractivity contribution in [2.24, 2.45) is 0 Å². The van der Waals surface area contributed by atoms with E-state index in [0.29, 0.717) is 12.6 Å². The van der Waals surface area contributed by atoms with E-state index in [1.807, 2.05) is 0 Å². The lowest BCUT2D eigenvalue weighted by Gasteiger charge is -2.02. The molecule has 0 saturated heterocycles. The first kappa shape index (κ1) is 12.4. The molecule has 1 aromatic heterocycles. The molecule has 8 heteroatoms. The van der Waals surface area contributed by atoms with Crippen molar-refractivity contribution < 1.29 is 13.2 Å². The van der Waals surface area contributed by atoms with Gasteiger partial charge in [-0.1, -0.05) is 0 Å². The molecular weight excluding hydrogens is 266 g/mol. The molecule has 1 aliphatic carbocycles. The molecule has 0 unspecified atom stereocenters. The SMILES string of the molecule is O=C(CCn1cc(S(=O)(=O)Cl)cn1)NC1CC1. The molecule has 0 aliphatic heterocycles. The Morgan fingerprint density at radius 2 is 2.29 bits per heavy atom. The van der Waals surface area contributed by atoms with E-state index < -0.39 is 9.05 Å². The largest absolute Gasteiger partial charge is 0.353 e. The van der Waals surface area contributed by atoms with Crippen molar-refractivity contribution in [3.05, 3.63) is 12.4 Å². The summed E-state index contributed by atoms with van der Waals surface area (Å²) in [5.74, 6) is -0.0433. The number of carbonyl (C=O) groups excluding carboxylic acids is 1. The van der Waals surface area contributed by atoms with E-state index in [1.165, 1.54) is 17.1 Å². The van der Waals surface area contributed by atoms with Crippen LogP contribution in [0, 0.1) is 0 Å². The first-order valence-corrected chi connectivity index (χ1v) is 7.52. The lowest BCUT2D eigenvalue weighted by molar-refractivity contribution is -0.121. The van der Waals surface area contributed by atoms with E-state index in [2.05, 4.69) is 10.4 Å². The minimum Gasteiger partial charge on any atom is -0.353 e. The van der Waals surface area contributed by atoms with Gasteiger partial charge in [-0.15, -0.1) is 0 Å². The summed E-state index contributed by atoms with van der Waals surface area (Å²) in [4.78, 5) is 11.3. The fraction of sp³-hybridized carbons (Fsp3) is 0.556. The minimum atomic E-state index is -3.74. The van der Waals surface area contributed by atoms with Crippen molar-refractivity contribution in [1.82, 2.24) is 15.1 Å². The second kappa shape index (κ2) is 4.66. The molecule has 1 N–H and O–H groups in total. The van der Waals surface area contributed by atoms with E-state index in [1.54, 1.807) is 0 Å². The molecule has 1 fully saturated rings. The summed E-state index contributed by atoms with van der Waals surface area (Å²) in [6, 6.07) is 0.332. The van der Waals surface area contributed by atoms with E-state index in [0.717, 1.165) is 12.8 Å². The van der Waals surface area contributed by atoms with Crippen LogP contribution in [0.5, 0.6) is 0 Å². The molecule has 1 saturated carbocycles. The van der Waals surface area contributed by atoms with Gasteiger partial charge in [0, 0.05) is 35.9 Å². The van der Waals surface area contributed by atoms with E-state index in [-0.39, 0.29) is 17.2 Å². The minimum absolute atomic E-state index is 0.0433. The normalized spacial score (nSPS) is 15.8. The number of rotatable bonds is 5. The Morgan fingerprint density at radius 3 is 2.82 bits per heavy atom. The molecule has 0 spiro atoms. The molecule has 1 amide bonds. The van der Waals surface area contributed by atoms with Crippen molar-refractivity contribution in [2.45, 2.75) is 36.7 Å². The highest BCUT2D eigenvalue weighted by molar-refractivity contribution is 8.13. The maximum absolute atomic E-state index is 11.4. The van der Waals surface area contributed by atoms with Crippen molar-refractivity contribution in [2.75, 3.05) is 0 Å². The fourth-order valence-corrected chi connectivity index (χ4v) is 2.00. The summed E-state index contributed by atoms with van der Waals surface area (Å²) in [6.45, 7) is 0.338. The summed E-state index contributed by atoms with van der Waals surface area (Å²) >= 11 is 0. The maximum Gasteiger partial charge on any atom is 0.264 e. The zero-order chi connectivity index (χ0) is 12.5. The highest BCUT2D eigenvalue weighted by Gasteiger charge is 2.23. The standard InChI is InChI=1S/C9H12ClN3O3S/c10-17(15,16)8-5-11-13(6-8)4-3-9(14)12-7-1-2-7/h5-7H,1-4H2,(H,12,14). The highest BCUT2D eigenvalue weighted by atomic mass is 35.7. The van der Waals surface area contributed by atoms with Gasteiger partial charge < -0.3 is 5.32 Å². The average molecular weight is 278 g/mol. The van der Waals surface area contributed by atoms with Crippen molar-refractivity contribution in [1.29, 1.82) is 0 Å². The number of hydrogen-bond donors (Lipinski definition) is 1. The predicted molar refractivity (Wildman–Crippen MR) is 61.0 cm³/mol. The van der Waals surface area contributed by atoms with Crippen LogP contribution in [-0.2, 0) is 20.4 Å². The van der Waals surface area contributed by atoms with Crippen LogP contribution >= 0.6 is 10.7 Å². The topological polar surface area (TPSA) is 81.1 Å². The van der Waals surface area contributed by atoms with Gasteiger partial charge in [-0.3, -0.25) is 9.48 Å². The van der Waals surface area contributed by atoms with Crippen molar-refractivity contribution in [3.8, 4) is 0 Å². The van der Waals surface area contributed by atoms with Crippen LogP contribution in [0.25, 0.3) is 0 Å². The van der Waals surface area contributed by atoms with Gasteiger partial charge in [-0.05, 0) is 12.8 Å². The van der Waals surface area contributed by atoms with Crippen LogP contribution < -0.4 is 5.32 Å². The van der Waals surface area contributed by atoms with Crippen LogP contribution in [0.4, 0.5) is 0 Å². The Labute approximate surface area is 103 Å². The third-order valence-corrected chi connectivity index (χ3v) is 3.71. The van der Waals surface area contributed by atoms with Gasteiger partial charge in [0.1, 0.15) is 4.90 Å². The summed E-state index contributed by atoms with van der Waals surface area (Å²) in [6.07, 6.45) is 4.85. The van der Waals surface area contributed by atoms with Gasteiger partial charge in [-0.2, -0.15) is 5.10 Å². The molecule has 0 bridgehead atoms. The quantitative estimate of drug-likeness (QED) is 0.794. The zero-order valence-corrected chi connectivity index (χ0v) is 10.5. The van der Waals surface area contributed by atoms with Crippen LogP contribution in [0.3, 0.4) is 0 Å². The Kier molecular flexibility index (Phi) is 3.39. The number of carbonyl (C=O) groups is 1. The molecule has 0 aromatic carbocycles. The maximum atomic E-state index is 11.4. The predicted octanol–water partition coefficient (Wildman–Crippen LogP) is 0.479. The average Bonchev–Trinajstić information content (AvgIpc) is 2.90. The first-order chi connectivity index (χ1) is 7.95. The molecular formula is C9H12ClN3O3S. The lowest BCUT2D eigenvalue weighted by Crippen LogP contribution is -2.26. The molecule has 0 atom stereocenters. The van der Waals surface area contributed by atoms with Crippen LogP contribution in [0.1, 0.15) is 19.3 Å². The molecule has 1 aromatic rings. The molecule has 2 rings (SSSR count). The van der Waals surface area contributed by atoms with Crippen LogP contribution in [0.2, 0.25) is 0 Å². The van der Waals surface area contributed by atoms with Gasteiger partial charge in [0.05, 0.1) is 6.20 Å². The molecule has 17 heavy (non-hydrogen) atoms. The zero-order valence-electron chi connectivity index (χ0n) is 8.97. The third-order valence-electron chi connectivity index (χ3n) is 2.40. The molecule has 94 valence electrons. The smallest absolute Gasteiger partial charge is 0.264 e. The number of nitrogens with zero attached hydrogens (tertiary/aromatic N) is 2. The summed E-state index contributed by atoms with van der Waals surface area (Å²) in [5, 5.41) is 6.66. The Bertz CT molecular complexity index is 521. The lowest BCUT2D eigenvalue weighted by atomic mass is 10.4. The Hall–Kier alpha value is -1.08. The highest BCUT2D eigenvalue weighted by Crippen LogP contribution is 2.18. The molecule has 1 aliphatic rings. The van der Waals surface area contributed by atoms with Crippen LogP contribution in [-0.4, -0.2) is 30.1 Å². The van der Waals surface area contributed by atoms with Gasteiger partial charge in [0.25, 0.3) is 9.05 Å². The molecule has 6 nitrogen and oxygen atoms in total. The third kappa shape index (κ3) is 3.71. The fourth-order valence-electron chi connectivity index (χ4n) is 1.34. The van der Waals surface area contributed by atoms with Gasteiger partial charge >= 0.3 is 0 Å². The second-order valence-corrected chi connectivity index (χ2v) is 6.53. The Morgan fingerprint density at radius 1 is 1.59 bits per heavy atom. The van der Waals surface area contributed by atoms with Gasteiger partial charge in [-0.25, -0.2) is 8.42 Å². The van der Waals surface area contributed by atoms with Crippen LogP contribution in [0.15, 0.2) is 17.3 Å². The van der Waals surface area contributed by atoms with Gasteiger partial charge in [0.2, 0.25) is 5.91 Å². The second-order valence-electron chi connectivity index (χ2n) is 3.97. The number of aromatic nitrogens is 2. The number of aryl methyl sites for hydroxylation is 1. The number of amides is 1. The first-order valence-electron chi connectivity index (χ1n) is 5.21. The van der Waals surface area contributed by atoms with E-state index in [4.69, 9.17) is 10.7 Å². The van der Waals surface area contributed by atoms with Crippen molar-refractivity contribution in [3.63, 3.8) is 0 Å². The van der Waals surface area contributed by atoms with Crippen molar-refractivity contribution >= 4 is 25.6 Å². The number of nitrogens with one attached hydrogen (secondary N) is 1. The number of halogens is 1. The molecule has 0 radical (unpaired) electrons.